The molecule has 0 fully saturated rings. The molecule has 0 aliphatic rings. The van der Waals surface area contributed by atoms with Gasteiger partial charge in [-0.25, -0.2) is 14.4 Å². The Morgan fingerprint density at radius 2 is 1.76 bits per heavy atom. The van der Waals surface area contributed by atoms with Gasteiger partial charge in [-0.1, -0.05) is 0 Å². The van der Waals surface area contributed by atoms with Crippen LogP contribution in [0.4, 0.5) is 4.79 Å². The minimum absolute atomic E-state index is 0.111. The maximum atomic E-state index is 11.2. The zero-order valence-corrected chi connectivity index (χ0v) is 11.4. The molecule has 0 aliphatic carbocycles. The predicted molar refractivity (Wildman–Crippen MR) is 64.5 cm³/mol. The van der Waals surface area contributed by atoms with Crippen molar-refractivity contribution in [3.8, 4) is 0 Å². The van der Waals surface area contributed by atoms with Crippen LogP contribution in [0.2, 0.25) is 0 Å². The Bertz CT molecular complexity index is 418. The molecule has 0 aliphatic heterocycles. The molecule has 0 amide bonds. The van der Waals surface area contributed by atoms with Crippen molar-refractivity contribution >= 4 is 24.1 Å². The van der Waals surface area contributed by atoms with Gasteiger partial charge < -0.3 is 24.2 Å². The lowest BCUT2D eigenvalue weighted by atomic mass is 10.4. The summed E-state index contributed by atoms with van der Waals surface area (Å²) in [5.74, 6) is -2.75. The summed E-state index contributed by atoms with van der Waals surface area (Å²) >= 11 is 0. The molecule has 0 saturated heterocycles. The van der Waals surface area contributed by atoms with E-state index >= 15 is 0 Å². The Labute approximate surface area is 119 Å². The lowest BCUT2D eigenvalue weighted by molar-refractivity contribution is -0.163. The maximum absolute atomic E-state index is 11.2. The smallest absolute Gasteiger partial charge is 0.481 e. The van der Waals surface area contributed by atoms with Crippen LogP contribution in [-0.2, 0) is 33.4 Å². The van der Waals surface area contributed by atoms with Gasteiger partial charge in [0.05, 0.1) is 13.5 Å². The van der Waals surface area contributed by atoms with Gasteiger partial charge >= 0.3 is 24.1 Å². The molecule has 0 aromatic heterocycles. The maximum Gasteiger partial charge on any atom is 0.530 e. The van der Waals surface area contributed by atoms with Crippen LogP contribution in [-0.4, -0.2) is 49.1 Å². The van der Waals surface area contributed by atoms with Gasteiger partial charge in [0.15, 0.2) is 0 Å². The molecule has 0 radical (unpaired) electrons. The Morgan fingerprint density at radius 1 is 1.14 bits per heavy atom. The summed E-state index contributed by atoms with van der Waals surface area (Å²) in [6, 6.07) is 0. The van der Waals surface area contributed by atoms with Crippen LogP contribution in [0.3, 0.4) is 0 Å². The number of esters is 2. The second kappa shape index (κ2) is 10.2. The fourth-order valence-electron chi connectivity index (χ4n) is 0.859. The number of carboxylic acids is 1. The molecule has 21 heavy (non-hydrogen) atoms. The molecule has 0 bridgehead atoms. The van der Waals surface area contributed by atoms with E-state index in [4.69, 9.17) is 5.11 Å². The standard InChI is InChI=1S/C11H15NO9/c1-7(19-10(16)4-3-9(15)18-2)20-11(17)21-12-6-5-8(13)14/h3-4,7,12H,5-6H2,1-2H3,(H,13,14)/b4-3+. The SMILES string of the molecule is COC(=O)/C=C/C(=O)OC(C)OC(=O)ONCCC(=O)O. The summed E-state index contributed by atoms with van der Waals surface area (Å²) in [5.41, 5.74) is 2.05. The number of carbonyl (C=O) groups is 4. The van der Waals surface area contributed by atoms with Crippen molar-refractivity contribution in [1.82, 2.24) is 5.48 Å². The van der Waals surface area contributed by atoms with Crippen molar-refractivity contribution in [2.45, 2.75) is 19.6 Å². The topological polar surface area (TPSA) is 137 Å². The van der Waals surface area contributed by atoms with Gasteiger partial charge in [0.1, 0.15) is 0 Å². The first-order chi connectivity index (χ1) is 9.85. The monoisotopic (exact) mass is 305 g/mol. The molecule has 118 valence electrons. The summed E-state index contributed by atoms with van der Waals surface area (Å²) in [5, 5.41) is 8.32. The molecular formula is C11H15NO9. The van der Waals surface area contributed by atoms with E-state index in [1.165, 1.54) is 6.92 Å². The highest BCUT2D eigenvalue weighted by molar-refractivity contribution is 5.91. The van der Waals surface area contributed by atoms with E-state index < -0.39 is 30.4 Å². The largest absolute Gasteiger partial charge is 0.530 e. The first-order valence-electron chi connectivity index (χ1n) is 5.64. The van der Waals surface area contributed by atoms with E-state index in [0.29, 0.717) is 0 Å². The first kappa shape index (κ1) is 18.4. The Hall–Kier alpha value is -2.62. The molecule has 0 spiro atoms. The van der Waals surface area contributed by atoms with Crippen LogP contribution in [0.1, 0.15) is 13.3 Å². The summed E-state index contributed by atoms with van der Waals surface area (Å²) < 4.78 is 13.3. The quantitative estimate of drug-likeness (QED) is 0.154. The highest BCUT2D eigenvalue weighted by Gasteiger charge is 2.14. The third kappa shape index (κ3) is 10.9. The van der Waals surface area contributed by atoms with E-state index in [-0.39, 0.29) is 13.0 Å². The van der Waals surface area contributed by atoms with Gasteiger partial charge in [-0.3, -0.25) is 4.79 Å². The van der Waals surface area contributed by atoms with Crippen molar-refractivity contribution in [3.05, 3.63) is 12.2 Å². The average molecular weight is 305 g/mol. The molecule has 0 saturated carbocycles. The zero-order valence-electron chi connectivity index (χ0n) is 11.4. The molecule has 2 N–H and O–H groups in total. The molecule has 10 heteroatoms. The summed E-state index contributed by atoms with van der Waals surface area (Å²) in [7, 11) is 1.14. The van der Waals surface area contributed by atoms with Crippen LogP contribution in [0.15, 0.2) is 12.2 Å². The van der Waals surface area contributed by atoms with E-state index in [0.717, 1.165) is 19.3 Å². The number of hydrogen-bond donors (Lipinski definition) is 2. The van der Waals surface area contributed by atoms with Crippen molar-refractivity contribution in [2.24, 2.45) is 0 Å². The number of carbonyl (C=O) groups excluding carboxylic acids is 3. The fraction of sp³-hybridized carbons (Fsp3) is 0.455. The fourth-order valence-corrected chi connectivity index (χ4v) is 0.859. The average Bonchev–Trinajstić information content (AvgIpc) is 2.40. The molecule has 0 rings (SSSR count). The molecular weight excluding hydrogens is 290 g/mol. The van der Waals surface area contributed by atoms with Gasteiger partial charge in [-0.2, -0.15) is 0 Å². The molecule has 0 heterocycles. The van der Waals surface area contributed by atoms with Gasteiger partial charge in [0.25, 0.3) is 0 Å². The highest BCUT2D eigenvalue weighted by Crippen LogP contribution is 1.97. The molecule has 0 aromatic rings. The van der Waals surface area contributed by atoms with Gasteiger partial charge in [0.2, 0.25) is 6.29 Å². The number of methoxy groups -OCH3 is 1. The zero-order chi connectivity index (χ0) is 16.3. The number of rotatable bonds is 8. The summed E-state index contributed by atoms with van der Waals surface area (Å²) in [4.78, 5) is 47.4. The Balaban J connectivity index is 3.91. The van der Waals surface area contributed by atoms with E-state index in [9.17, 15) is 19.2 Å². The normalized spacial score (nSPS) is 11.5. The van der Waals surface area contributed by atoms with Crippen LogP contribution < -0.4 is 5.48 Å². The van der Waals surface area contributed by atoms with Crippen LogP contribution in [0, 0.1) is 0 Å². The van der Waals surface area contributed by atoms with Gasteiger partial charge in [-0.05, 0) is 0 Å². The van der Waals surface area contributed by atoms with Crippen molar-refractivity contribution in [2.75, 3.05) is 13.7 Å². The van der Waals surface area contributed by atoms with Crippen LogP contribution in [0.5, 0.6) is 0 Å². The molecule has 10 nitrogen and oxygen atoms in total. The number of carboxylic acid groups (broad SMARTS) is 1. The first-order valence-corrected chi connectivity index (χ1v) is 5.64. The van der Waals surface area contributed by atoms with Crippen molar-refractivity contribution in [3.63, 3.8) is 0 Å². The van der Waals surface area contributed by atoms with Crippen LogP contribution >= 0.6 is 0 Å². The van der Waals surface area contributed by atoms with Crippen molar-refractivity contribution < 1.29 is 43.3 Å². The summed E-state index contributed by atoms with van der Waals surface area (Å²) in [6.45, 7) is 1.13. The van der Waals surface area contributed by atoms with Crippen LogP contribution in [0.25, 0.3) is 0 Å². The third-order valence-corrected chi connectivity index (χ3v) is 1.70. The molecule has 0 aromatic carbocycles. The lowest BCUT2D eigenvalue weighted by Gasteiger charge is -2.12. The molecule has 1 unspecified atom stereocenters. The highest BCUT2D eigenvalue weighted by atomic mass is 16.8. The van der Waals surface area contributed by atoms with E-state index in [2.05, 4.69) is 24.5 Å². The van der Waals surface area contributed by atoms with Gasteiger partial charge in [-0.15, -0.1) is 5.48 Å². The second-order valence-corrected chi connectivity index (χ2v) is 3.37. The molecule has 1 atom stereocenters. The Kier molecular flexibility index (Phi) is 8.93. The number of hydrogen-bond acceptors (Lipinski definition) is 9. The van der Waals surface area contributed by atoms with E-state index in [1.807, 2.05) is 0 Å². The Morgan fingerprint density at radius 3 is 2.33 bits per heavy atom. The number of hydroxylamine groups is 1. The third-order valence-electron chi connectivity index (χ3n) is 1.70. The van der Waals surface area contributed by atoms with E-state index in [1.54, 1.807) is 0 Å². The minimum atomic E-state index is -1.27. The minimum Gasteiger partial charge on any atom is -0.481 e. The second-order valence-electron chi connectivity index (χ2n) is 3.37. The van der Waals surface area contributed by atoms with Crippen molar-refractivity contribution in [1.29, 1.82) is 0 Å². The summed E-state index contributed by atoms with van der Waals surface area (Å²) in [6.07, 6.45) is -1.11. The lowest BCUT2D eigenvalue weighted by Crippen LogP contribution is -2.27. The predicted octanol–water partition coefficient (Wildman–Crippen LogP) is -0.263. The number of aliphatic carboxylic acids is 1. The van der Waals surface area contributed by atoms with Gasteiger partial charge in [0, 0.05) is 25.6 Å². The number of nitrogens with one attached hydrogen (secondary N) is 1. The number of ether oxygens (including phenoxy) is 3.